The van der Waals surface area contributed by atoms with Gasteiger partial charge in [-0.2, -0.15) is 4.31 Å². The summed E-state index contributed by atoms with van der Waals surface area (Å²) in [6, 6.07) is 15.3. The second-order valence-electron chi connectivity index (χ2n) is 12.9. The molecule has 0 radical (unpaired) electrons. The number of nitrogens with two attached hydrogens (primary N) is 1. The summed E-state index contributed by atoms with van der Waals surface area (Å²) in [5.41, 5.74) is 7.76. The van der Waals surface area contributed by atoms with E-state index in [9.17, 15) is 22.8 Å². The van der Waals surface area contributed by atoms with Gasteiger partial charge >= 0.3 is 6.03 Å². The summed E-state index contributed by atoms with van der Waals surface area (Å²) in [5, 5.41) is 5.37. The zero-order valence-corrected chi connectivity index (χ0v) is 28.2. The van der Waals surface area contributed by atoms with E-state index in [-0.39, 0.29) is 28.1 Å². The lowest BCUT2D eigenvalue weighted by Gasteiger charge is -2.40. The highest BCUT2D eigenvalue weighted by molar-refractivity contribution is 7.89. The van der Waals surface area contributed by atoms with Gasteiger partial charge in [0, 0.05) is 42.2 Å². The van der Waals surface area contributed by atoms with E-state index in [1.54, 1.807) is 4.31 Å². The van der Waals surface area contributed by atoms with Crippen LogP contribution in [0.25, 0.3) is 0 Å². The number of sulfonamides is 1. The van der Waals surface area contributed by atoms with E-state index in [0.29, 0.717) is 24.5 Å². The van der Waals surface area contributed by atoms with Gasteiger partial charge in [0.25, 0.3) is 11.8 Å². The third-order valence-electron chi connectivity index (χ3n) is 9.64. The summed E-state index contributed by atoms with van der Waals surface area (Å²) >= 11 is 1.31. The number of thiophene rings is 1. The quantitative estimate of drug-likeness (QED) is 0.253. The summed E-state index contributed by atoms with van der Waals surface area (Å²) in [5.74, 6) is -1.13. The van der Waals surface area contributed by atoms with Gasteiger partial charge in [0.1, 0.15) is 5.00 Å². The van der Waals surface area contributed by atoms with Crippen LogP contribution in [0.1, 0.15) is 101 Å². The van der Waals surface area contributed by atoms with E-state index in [4.69, 9.17) is 5.73 Å². The van der Waals surface area contributed by atoms with Crippen LogP contribution in [0, 0.1) is 0 Å². The lowest BCUT2D eigenvalue weighted by molar-refractivity contribution is 0.0965. The van der Waals surface area contributed by atoms with Crippen molar-refractivity contribution in [1.29, 1.82) is 0 Å². The first kappa shape index (κ1) is 33.3. The number of urea groups is 1. The van der Waals surface area contributed by atoms with Gasteiger partial charge in [-0.3, -0.25) is 19.8 Å². The SMILES string of the molecule is NC(=O)NC(=O)c1c(NC(=O)c2ccc(S(=O)(=O)N(C3CCCCC3)C3CCCCC3)cc2)sc2c1CCN(Cc1ccccc1)C2. The Balaban J connectivity index is 1.22. The maximum Gasteiger partial charge on any atom is 0.319 e. The third-order valence-corrected chi connectivity index (χ3v) is 12.8. The summed E-state index contributed by atoms with van der Waals surface area (Å²) < 4.78 is 30.0. The van der Waals surface area contributed by atoms with Crippen LogP contribution in [0.15, 0.2) is 59.5 Å². The molecule has 2 fully saturated rings. The molecule has 4 amide bonds. The van der Waals surface area contributed by atoms with Gasteiger partial charge in [-0.05, 0) is 67.5 Å². The molecule has 2 aromatic carbocycles. The Morgan fingerprint density at radius 2 is 1.47 bits per heavy atom. The predicted octanol–water partition coefficient (Wildman–Crippen LogP) is 6.02. The smallest absolute Gasteiger partial charge is 0.319 e. The van der Waals surface area contributed by atoms with Crippen LogP contribution in [0.2, 0.25) is 0 Å². The number of benzene rings is 2. The van der Waals surface area contributed by atoms with Crippen molar-refractivity contribution in [1.82, 2.24) is 14.5 Å². The highest BCUT2D eigenvalue weighted by Crippen LogP contribution is 2.38. The maximum atomic E-state index is 14.1. The molecule has 12 heteroatoms. The molecule has 4 N–H and O–H groups in total. The number of rotatable bonds is 9. The van der Waals surface area contributed by atoms with Gasteiger partial charge in [-0.15, -0.1) is 11.3 Å². The molecule has 0 saturated heterocycles. The van der Waals surface area contributed by atoms with Crippen LogP contribution in [-0.4, -0.2) is 54.1 Å². The lowest BCUT2D eigenvalue weighted by atomic mass is 9.91. The van der Waals surface area contributed by atoms with E-state index in [2.05, 4.69) is 27.7 Å². The van der Waals surface area contributed by atoms with Gasteiger partial charge in [0.15, 0.2) is 0 Å². The van der Waals surface area contributed by atoms with Crippen molar-refractivity contribution in [2.45, 2.75) is 101 Å². The topological polar surface area (TPSA) is 142 Å². The standard InChI is InChI=1S/C35H43N5O5S2/c36-35(43)38-33(42)31-29-20-21-39(22-24-10-4-1-5-11-24)23-30(29)46-34(31)37-32(41)25-16-18-28(19-17-25)47(44,45)40(26-12-6-2-7-13-26)27-14-8-3-9-15-27/h1,4-5,10-11,16-19,26-27H,2-3,6-9,12-15,20-23H2,(H,37,41)(H3,36,38,42,43). The number of hydrogen-bond acceptors (Lipinski definition) is 7. The van der Waals surface area contributed by atoms with Crippen LogP contribution >= 0.6 is 11.3 Å². The molecule has 47 heavy (non-hydrogen) atoms. The average Bonchev–Trinajstić information content (AvgIpc) is 3.43. The van der Waals surface area contributed by atoms with Crippen molar-refractivity contribution in [3.05, 3.63) is 81.7 Å². The Labute approximate surface area is 280 Å². The maximum absolute atomic E-state index is 14.1. The van der Waals surface area contributed by atoms with E-state index in [1.165, 1.54) is 41.2 Å². The fraction of sp³-hybridized carbons (Fsp3) is 0.457. The molecule has 0 spiro atoms. The van der Waals surface area contributed by atoms with Crippen LogP contribution in [0.4, 0.5) is 9.80 Å². The summed E-state index contributed by atoms with van der Waals surface area (Å²) in [7, 11) is -3.76. The second kappa shape index (κ2) is 14.7. The van der Waals surface area contributed by atoms with Crippen molar-refractivity contribution in [2.75, 3.05) is 11.9 Å². The molecule has 0 bridgehead atoms. The van der Waals surface area contributed by atoms with Crippen molar-refractivity contribution in [2.24, 2.45) is 5.73 Å². The first-order valence-corrected chi connectivity index (χ1v) is 18.9. The number of primary amides is 1. The predicted molar refractivity (Wildman–Crippen MR) is 183 cm³/mol. The number of amides is 4. The number of fused-ring (bicyclic) bond motifs is 1. The number of anilines is 1. The Morgan fingerprint density at radius 1 is 0.851 bits per heavy atom. The molecule has 0 atom stereocenters. The average molecular weight is 678 g/mol. The van der Waals surface area contributed by atoms with Crippen LogP contribution < -0.4 is 16.4 Å². The van der Waals surface area contributed by atoms with Crippen molar-refractivity contribution in [3.8, 4) is 0 Å². The zero-order valence-electron chi connectivity index (χ0n) is 26.6. The fourth-order valence-corrected chi connectivity index (χ4v) is 10.6. The van der Waals surface area contributed by atoms with E-state index in [0.717, 1.165) is 81.2 Å². The summed E-state index contributed by atoms with van der Waals surface area (Å²) in [6.07, 6.45) is 10.6. The van der Waals surface area contributed by atoms with Gasteiger partial charge in [-0.1, -0.05) is 68.9 Å². The molecular weight excluding hydrogens is 635 g/mol. The van der Waals surface area contributed by atoms with Crippen molar-refractivity contribution < 1.29 is 22.8 Å². The lowest BCUT2D eigenvalue weighted by Crippen LogP contribution is -2.48. The van der Waals surface area contributed by atoms with Crippen LogP contribution in [-0.2, 0) is 29.5 Å². The Morgan fingerprint density at radius 3 is 2.06 bits per heavy atom. The van der Waals surface area contributed by atoms with E-state index >= 15 is 0 Å². The first-order chi connectivity index (χ1) is 22.7. The Bertz CT molecular complexity index is 1680. The molecular formula is C35H43N5O5S2. The Kier molecular flexibility index (Phi) is 10.4. The van der Waals surface area contributed by atoms with Gasteiger partial charge in [0.2, 0.25) is 10.0 Å². The van der Waals surface area contributed by atoms with Crippen LogP contribution in [0.5, 0.6) is 0 Å². The highest BCUT2D eigenvalue weighted by atomic mass is 32.2. The van der Waals surface area contributed by atoms with E-state index in [1.807, 2.05) is 18.2 Å². The minimum Gasteiger partial charge on any atom is -0.351 e. The minimum atomic E-state index is -3.76. The highest BCUT2D eigenvalue weighted by Gasteiger charge is 2.38. The summed E-state index contributed by atoms with van der Waals surface area (Å²) in [4.78, 5) is 41.7. The molecule has 1 aliphatic heterocycles. The van der Waals surface area contributed by atoms with Crippen molar-refractivity contribution >= 4 is 44.2 Å². The second-order valence-corrected chi connectivity index (χ2v) is 15.8. The molecule has 3 aliphatic rings. The molecule has 2 saturated carbocycles. The molecule has 250 valence electrons. The number of hydrogen-bond donors (Lipinski definition) is 3. The third kappa shape index (κ3) is 7.61. The number of carbonyl (C=O) groups is 3. The first-order valence-electron chi connectivity index (χ1n) is 16.7. The number of nitrogens with zero attached hydrogens (tertiary/aromatic N) is 2. The molecule has 2 heterocycles. The molecule has 6 rings (SSSR count). The number of carbonyl (C=O) groups excluding carboxylic acids is 3. The molecule has 0 unspecified atom stereocenters. The number of nitrogens with one attached hydrogen (secondary N) is 2. The van der Waals surface area contributed by atoms with Crippen molar-refractivity contribution in [3.63, 3.8) is 0 Å². The molecule has 3 aromatic rings. The van der Waals surface area contributed by atoms with Gasteiger partial charge < -0.3 is 11.1 Å². The number of imide groups is 1. The van der Waals surface area contributed by atoms with Gasteiger partial charge in [0.05, 0.1) is 10.5 Å². The monoisotopic (exact) mass is 677 g/mol. The molecule has 10 nitrogen and oxygen atoms in total. The normalized spacial score (nSPS) is 18.1. The van der Waals surface area contributed by atoms with Gasteiger partial charge in [-0.25, -0.2) is 13.2 Å². The fourth-order valence-electron chi connectivity index (χ4n) is 7.37. The molecule has 2 aliphatic carbocycles. The Hall–Kier alpha value is -3.58. The summed E-state index contributed by atoms with van der Waals surface area (Å²) in [6.45, 7) is 2.04. The molecule has 1 aromatic heterocycles. The minimum absolute atomic E-state index is 0.0123. The zero-order chi connectivity index (χ0) is 33.0. The van der Waals surface area contributed by atoms with Crippen LogP contribution in [0.3, 0.4) is 0 Å². The largest absolute Gasteiger partial charge is 0.351 e. The van der Waals surface area contributed by atoms with E-state index < -0.39 is 27.9 Å².